The van der Waals surface area contributed by atoms with Crippen molar-refractivity contribution in [2.45, 2.75) is 44.8 Å². The maximum absolute atomic E-state index is 12.4. The largest absolute Gasteiger partial charge is 0.469 e. The molecule has 158 valence electrons. The number of hydrogen-bond donors (Lipinski definition) is 1. The zero-order chi connectivity index (χ0) is 20.9. The highest BCUT2D eigenvalue weighted by atomic mass is 32.2. The molecule has 0 atom stereocenters. The van der Waals surface area contributed by atoms with Gasteiger partial charge >= 0.3 is 0 Å². The summed E-state index contributed by atoms with van der Waals surface area (Å²) in [5.41, 5.74) is 2.96. The molecule has 1 aliphatic heterocycles. The summed E-state index contributed by atoms with van der Waals surface area (Å²) >= 11 is 1.39. The van der Waals surface area contributed by atoms with Gasteiger partial charge in [0.1, 0.15) is 5.76 Å². The van der Waals surface area contributed by atoms with Crippen molar-refractivity contribution in [3.63, 3.8) is 0 Å². The molecule has 1 aromatic carbocycles. The molecule has 7 nitrogen and oxygen atoms in total. The lowest BCUT2D eigenvalue weighted by Gasteiger charge is -2.28. The van der Waals surface area contributed by atoms with Crippen LogP contribution < -0.4 is 10.2 Å². The van der Waals surface area contributed by atoms with E-state index in [0.717, 1.165) is 47.6 Å². The second-order valence-electron chi connectivity index (χ2n) is 7.37. The predicted molar refractivity (Wildman–Crippen MR) is 120 cm³/mol. The number of anilines is 2. The number of furan rings is 1. The van der Waals surface area contributed by atoms with E-state index in [9.17, 15) is 4.79 Å². The zero-order valence-electron chi connectivity index (χ0n) is 17.4. The number of thioether (sulfide) groups is 1. The Hall–Kier alpha value is -2.74. The average Bonchev–Trinajstić information content (AvgIpc) is 3.38. The van der Waals surface area contributed by atoms with Crippen molar-refractivity contribution in [2.24, 2.45) is 0 Å². The molecule has 30 heavy (non-hydrogen) atoms. The maximum Gasteiger partial charge on any atom is 0.234 e. The smallest absolute Gasteiger partial charge is 0.234 e. The minimum atomic E-state index is -0.0579. The Bertz CT molecular complexity index is 989. The summed E-state index contributed by atoms with van der Waals surface area (Å²) in [6.45, 7) is 6.88. The SMILES string of the molecule is CCn1c(SCC(=O)Nc2ccc(N3CCCCC3)cc2)nnc1-c1ccoc1C. The third kappa shape index (κ3) is 4.53. The van der Waals surface area contributed by atoms with Gasteiger partial charge in [0, 0.05) is 31.0 Å². The van der Waals surface area contributed by atoms with E-state index < -0.39 is 0 Å². The molecule has 1 amide bonds. The van der Waals surface area contributed by atoms with Gasteiger partial charge in [-0.1, -0.05) is 11.8 Å². The highest BCUT2D eigenvalue weighted by Gasteiger charge is 2.17. The predicted octanol–water partition coefficient (Wildman–Crippen LogP) is 4.59. The third-order valence-corrected chi connectivity index (χ3v) is 6.30. The molecule has 1 saturated heterocycles. The normalized spacial score (nSPS) is 14.1. The van der Waals surface area contributed by atoms with Crippen molar-refractivity contribution < 1.29 is 9.21 Å². The number of nitrogens with one attached hydrogen (secondary N) is 1. The highest BCUT2D eigenvalue weighted by molar-refractivity contribution is 7.99. The van der Waals surface area contributed by atoms with Gasteiger partial charge < -0.3 is 19.2 Å². The van der Waals surface area contributed by atoms with Crippen LogP contribution in [0.4, 0.5) is 11.4 Å². The number of benzene rings is 1. The van der Waals surface area contributed by atoms with Crippen LogP contribution in [0.3, 0.4) is 0 Å². The van der Waals surface area contributed by atoms with E-state index in [2.05, 4.69) is 32.5 Å². The molecule has 3 heterocycles. The first-order chi connectivity index (χ1) is 14.7. The van der Waals surface area contributed by atoms with Gasteiger partial charge in [-0.2, -0.15) is 0 Å². The minimum absolute atomic E-state index is 0.0579. The Morgan fingerprint density at radius 3 is 2.57 bits per heavy atom. The first-order valence-corrected chi connectivity index (χ1v) is 11.4. The summed E-state index contributed by atoms with van der Waals surface area (Å²) in [7, 11) is 0. The second kappa shape index (κ2) is 9.38. The van der Waals surface area contributed by atoms with E-state index in [1.54, 1.807) is 6.26 Å². The Kier molecular flexibility index (Phi) is 6.42. The number of carbonyl (C=O) groups is 1. The number of amides is 1. The quantitative estimate of drug-likeness (QED) is 0.558. The fraction of sp³-hybridized carbons (Fsp3) is 0.409. The molecule has 1 N–H and O–H groups in total. The third-order valence-electron chi connectivity index (χ3n) is 5.34. The van der Waals surface area contributed by atoms with Gasteiger partial charge in [0.25, 0.3) is 0 Å². The summed E-state index contributed by atoms with van der Waals surface area (Å²) < 4.78 is 7.39. The Balaban J connectivity index is 1.35. The molecule has 3 aromatic rings. The summed E-state index contributed by atoms with van der Waals surface area (Å²) in [6.07, 6.45) is 5.47. The molecule has 0 saturated carbocycles. The summed E-state index contributed by atoms with van der Waals surface area (Å²) in [5.74, 6) is 1.79. The maximum atomic E-state index is 12.4. The molecule has 1 aliphatic rings. The van der Waals surface area contributed by atoms with Crippen LogP contribution in [0.5, 0.6) is 0 Å². The van der Waals surface area contributed by atoms with Crippen LogP contribution in [0.1, 0.15) is 31.9 Å². The lowest BCUT2D eigenvalue weighted by molar-refractivity contribution is -0.113. The van der Waals surface area contributed by atoms with Gasteiger partial charge in [-0.05, 0) is 63.4 Å². The summed E-state index contributed by atoms with van der Waals surface area (Å²) in [5, 5.41) is 12.3. The van der Waals surface area contributed by atoms with E-state index in [1.807, 2.05) is 36.6 Å². The summed E-state index contributed by atoms with van der Waals surface area (Å²) in [4.78, 5) is 14.9. The molecule has 4 rings (SSSR count). The van der Waals surface area contributed by atoms with Gasteiger partial charge in [-0.3, -0.25) is 4.79 Å². The monoisotopic (exact) mass is 425 g/mol. The summed E-state index contributed by atoms with van der Waals surface area (Å²) in [6, 6.07) is 10.0. The molecule has 0 aliphatic carbocycles. The van der Waals surface area contributed by atoms with E-state index in [4.69, 9.17) is 4.42 Å². The Morgan fingerprint density at radius 2 is 1.90 bits per heavy atom. The van der Waals surface area contributed by atoms with Crippen LogP contribution in [0.2, 0.25) is 0 Å². The van der Waals surface area contributed by atoms with E-state index in [1.165, 1.54) is 36.7 Å². The number of nitrogens with zero attached hydrogens (tertiary/aromatic N) is 4. The van der Waals surface area contributed by atoms with E-state index >= 15 is 0 Å². The molecule has 0 radical (unpaired) electrons. The number of aryl methyl sites for hydroxylation is 1. The van der Waals surface area contributed by atoms with Crippen molar-refractivity contribution in [3.05, 3.63) is 42.4 Å². The number of piperidine rings is 1. The van der Waals surface area contributed by atoms with Gasteiger partial charge in [0.15, 0.2) is 11.0 Å². The first kappa shape index (κ1) is 20.5. The Morgan fingerprint density at radius 1 is 1.13 bits per heavy atom. The van der Waals surface area contributed by atoms with Crippen molar-refractivity contribution in [1.82, 2.24) is 14.8 Å². The van der Waals surface area contributed by atoms with E-state index in [-0.39, 0.29) is 11.7 Å². The van der Waals surface area contributed by atoms with Gasteiger partial charge in [0.2, 0.25) is 5.91 Å². The molecule has 2 aromatic heterocycles. The number of hydrogen-bond acceptors (Lipinski definition) is 6. The number of aromatic nitrogens is 3. The van der Waals surface area contributed by atoms with Crippen LogP contribution in [-0.2, 0) is 11.3 Å². The lowest BCUT2D eigenvalue weighted by atomic mass is 10.1. The van der Waals surface area contributed by atoms with Crippen molar-refractivity contribution in [1.29, 1.82) is 0 Å². The number of carbonyl (C=O) groups excluding carboxylic acids is 1. The molecular weight excluding hydrogens is 398 g/mol. The highest BCUT2D eigenvalue weighted by Crippen LogP contribution is 2.27. The second-order valence-corrected chi connectivity index (χ2v) is 8.31. The molecule has 1 fully saturated rings. The first-order valence-electron chi connectivity index (χ1n) is 10.4. The van der Waals surface area contributed by atoms with Crippen LogP contribution in [0.25, 0.3) is 11.4 Å². The zero-order valence-corrected chi connectivity index (χ0v) is 18.2. The van der Waals surface area contributed by atoms with Crippen LogP contribution in [0.15, 0.2) is 46.2 Å². The fourth-order valence-electron chi connectivity index (χ4n) is 3.73. The molecule has 8 heteroatoms. The van der Waals surface area contributed by atoms with Crippen molar-refractivity contribution in [3.8, 4) is 11.4 Å². The van der Waals surface area contributed by atoms with E-state index in [0.29, 0.717) is 0 Å². The topological polar surface area (TPSA) is 76.2 Å². The van der Waals surface area contributed by atoms with Gasteiger partial charge in [0.05, 0.1) is 17.6 Å². The molecule has 0 unspecified atom stereocenters. The standard InChI is InChI=1S/C22H27N5O2S/c1-3-27-21(19-11-14-29-16(19)2)24-25-22(27)30-15-20(28)23-17-7-9-18(10-8-17)26-12-5-4-6-13-26/h7-11,14H,3-6,12-13,15H2,1-2H3,(H,23,28). The van der Waals surface area contributed by atoms with Crippen molar-refractivity contribution in [2.75, 3.05) is 29.1 Å². The minimum Gasteiger partial charge on any atom is -0.469 e. The van der Waals surface area contributed by atoms with Crippen LogP contribution in [0, 0.1) is 6.92 Å². The molecule has 0 bridgehead atoms. The number of rotatable bonds is 7. The molecule has 0 spiro atoms. The Labute approximate surface area is 180 Å². The average molecular weight is 426 g/mol. The lowest BCUT2D eigenvalue weighted by Crippen LogP contribution is -2.29. The van der Waals surface area contributed by atoms with Crippen LogP contribution in [-0.4, -0.2) is 39.5 Å². The van der Waals surface area contributed by atoms with Gasteiger partial charge in [-0.25, -0.2) is 0 Å². The van der Waals surface area contributed by atoms with Crippen LogP contribution >= 0.6 is 11.8 Å². The van der Waals surface area contributed by atoms with Crippen molar-refractivity contribution >= 4 is 29.0 Å². The fourth-order valence-corrected chi connectivity index (χ4v) is 4.53. The molecular formula is C22H27N5O2S. The van der Waals surface area contributed by atoms with Gasteiger partial charge in [-0.15, -0.1) is 10.2 Å².